The number of carbonyl (C=O) groups excluding carboxylic acids is 1. The van der Waals surface area contributed by atoms with Gasteiger partial charge in [0.15, 0.2) is 0 Å². The van der Waals surface area contributed by atoms with Gasteiger partial charge in [-0.05, 0) is 53.4 Å². The highest BCUT2D eigenvalue weighted by Crippen LogP contribution is 2.39. The molecule has 0 radical (unpaired) electrons. The van der Waals surface area contributed by atoms with Gasteiger partial charge in [0.05, 0.1) is 6.04 Å². The topological polar surface area (TPSA) is 52.6 Å². The van der Waals surface area contributed by atoms with Gasteiger partial charge in [-0.2, -0.15) is 0 Å². The first-order chi connectivity index (χ1) is 14.0. The summed E-state index contributed by atoms with van der Waals surface area (Å²) in [5, 5.41) is 13.8. The van der Waals surface area contributed by atoms with Crippen LogP contribution in [0.25, 0.3) is 0 Å². The summed E-state index contributed by atoms with van der Waals surface area (Å²) in [7, 11) is 0. The number of halogens is 2. The number of aromatic hydroxyl groups is 1. The second-order valence-corrected chi connectivity index (χ2v) is 7.47. The van der Waals surface area contributed by atoms with E-state index in [9.17, 15) is 14.3 Å². The fraction of sp³-hybridized carbons (Fsp3) is 0.174. The highest BCUT2D eigenvalue weighted by Gasteiger charge is 2.33. The molecule has 0 fully saturated rings. The summed E-state index contributed by atoms with van der Waals surface area (Å²) in [5.41, 5.74) is 3.34. The molecule has 3 aromatic carbocycles. The van der Waals surface area contributed by atoms with E-state index >= 15 is 0 Å². The molecule has 148 valence electrons. The van der Waals surface area contributed by atoms with Crippen LogP contribution >= 0.6 is 11.6 Å². The van der Waals surface area contributed by atoms with Crippen LogP contribution in [0.2, 0.25) is 5.02 Å². The first kappa shape index (κ1) is 19.3. The average molecular weight is 411 g/mol. The van der Waals surface area contributed by atoms with Crippen molar-refractivity contribution >= 4 is 17.6 Å². The fourth-order valence-corrected chi connectivity index (χ4v) is 3.97. The molecule has 0 saturated carbocycles. The fourth-order valence-electron chi connectivity index (χ4n) is 3.79. The summed E-state index contributed by atoms with van der Waals surface area (Å²) < 4.78 is 13.4. The van der Waals surface area contributed by atoms with Crippen molar-refractivity contribution in [2.24, 2.45) is 0 Å². The molecule has 4 nitrogen and oxygen atoms in total. The molecule has 0 saturated heterocycles. The number of rotatable bonds is 3. The number of urea groups is 1. The van der Waals surface area contributed by atoms with Gasteiger partial charge in [-0.3, -0.25) is 0 Å². The molecule has 0 bridgehead atoms. The molecule has 2 amide bonds. The van der Waals surface area contributed by atoms with Gasteiger partial charge in [-0.1, -0.05) is 48.0 Å². The second-order valence-electron chi connectivity index (χ2n) is 7.04. The minimum atomic E-state index is -0.467. The largest absolute Gasteiger partial charge is 0.508 e. The van der Waals surface area contributed by atoms with Crippen molar-refractivity contribution in [3.05, 3.63) is 99.8 Å². The molecule has 4 rings (SSSR count). The van der Waals surface area contributed by atoms with E-state index in [4.69, 9.17) is 11.6 Å². The molecule has 0 aliphatic carbocycles. The summed E-state index contributed by atoms with van der Waals surface area (Å²) in [6, 6.07) is 18.1. The third kappa shape index (κ3) is 4.05. The van der Waals surface area contributed by atoms with Crippen LogP contribution in [0.5, 0.6) is 5.75 Å². The highest BCUT2D eigenvalue weighted by molar-refractivity contribution is 6.30. The maximum absolute atomic E-state index is 13.4. The normalized spacial score (nSPS) is 15.7. The number of benzene rings is 3. The Labute approximate surface area is 173 Å². The van der Waals surface area contributed by atoms with Gasteiger partial charge in [0.1, 0.15) is 11.6 Å². The molecule has 1 heterocycles. The number of fused-ring (bicyclic) bond motifs is 1. The maximum Gasteiger partial charge on any atom is 0.318 e. The summed E-state index contributed by atoms with van der Waals surface area (Å²) in [5.74, 6) is -0.260. The molecule has 0 aromatic heterocycles. The third-order valence-corrected chi connectivity index (χ3v) is 5.40. The number of nitrogens with one attached hydrogen (secondary N) is 1. The standard InChI is InChI=1S/C23H20ClFN2O2/c24-17-8-9-21(28)20(13-17)22-19-7-2-1-5-16(19)10-11-27(22)23(29)26-14-15-4-3-6-18(25)12-15/h1-9,12-13,22,28H,10-11,14H2,(H,26,29). The van der Waals surface area contributed by atoms with E-state index in [1.807, 2.05) is 24.3 Å². The van der Waals surface area contributed by atoms with Crippen LogP contribution in [-0.2, 0) is 13.0 Å². The third-order valence-electron chi connectivity index (χ3n) is 5.16. The van der Waals surface area contributed by atoms with Crippen LogP contribution in [0.1, 0.15) is 28.3 Å². The van der Waals surface area contributed by atoms with Crippen LogP contribution in [-0.4, -0.2) is 22.6 Å². The molecular weight excluding hydrogens is 391 g/mol. The average Bonchev–Trinajstić information content (AvgIpc) is 2.73. The number of hydrogen-bond donors (Lipinski definition) is 2. The Morgan fingerprint density at radius 3 is 2.76 bits per heavy atom. The summed E-state index contributed by atoms with van der Waals surface area (Å²) >= 11 is 6.18. The molecule has 1 atom stereocenters. The zero-order chi connectivity index (χ0) is 20.4. The van der Waals surface area contributed by atoms with Gasteiger partial charge < -0.3 is 15.3 Å². The van der Waals surface area contributed by atoms with Crippen molar-refractivity contribution in [3.63, 3.8) is 0 Å². The maximum atomic E-state index is 13.4. The lowest BCUT2D eigenvalue weighted by Crippen LogP contribution is -2.45. The predicted octanol–water partition coefficient (Wildman–Crippen LogP) is 5.04. The molecular formula is C23H20ClFN2O2. The van der Waals surface area contributed by atoms with Crippen LogP contribution in [0, 0.1) is 5.82 Å². The van der Waals surface area contributed by atoms with Gasteiger partial charge >= 0.3 is 6.03 Å². The Hall–Kier alpha value is -3.05. The number of carbonyl (C=O) groups is 1. The van der Waals surface area contributed by atoms with E-state index in [2.05, 4.69) is 5.32 Å². The van der Waals surface area contributed by atoms with Gasteiger partial charge in [0, 0.05) is 23.7 Å². The smallest absolute Gasteiger partial charge is 0.318 e. The highest BCUT2D eigenvalue weighted by atomic mass is 35.5. The van der Waals surface area contributed by atoms with Crippen LogP contribution in [0.4, 0.5) is 9.18 Å². The lowest BCUT2D eigenvalue weighted by molar-refractivity contribution is 0.179. The van der Waals surface area contributed by atoms with Crippen LogP contribution in [0.3, 0.4) is 0 Å². The number of amides is 2. The Balaban J connectivity index is 1.66. The van der Waals surface area contributed by atoms with Gasteiger partial charge in [-0.15, -0.1) is 0 Å². The summed E-state index contributed by atoms with van der Waals surface area (Å²) in [6.45, 7) is 0.700. The van der Waals surface area contributed by atoms with Crippen molar-refractivity contribution in [1.82, 2.24) is 10.2 Å². The first-order valence-corrected chi connectivity index (χ1v) is 9.76. The van der Waals surface area contributed by atoms with Crippen LogP contribution < -0.4 is 5.32 Å². The Bertz CT molecular complexity index is 1060. The summed E-state index contributed by atoms with van der Waals surface area (Å²) in [4.78, 5) is 14.7. The van der Waals surface area contributed by atoms with Crippen molar-refractivity contribution < 1.29 is 14.3 Å². The van der Waals surface area contributed by atoms with Crippen molar-refractivity contribution in [2.45, 2.75) is 19.0 Å². The molecule has 1 aliphatic rings. The SMILES string of the molecule is O=C(NCc1cccc(F)c1)N1CCc2ccccc2C1c1cc(Cl)ccc1O. The number of hydrogen-bond acceptors (Lipinski definition) is 2. The van der Waals surface area contributed by atoms with E-state index in [1.54, 1.807) is 29.2 Å². The Morgan fingerprint density at radius 1 is 1.10 bits per heavy atom. The lowest BCUT2D eigenvalue weighted by Gasteiger charge is -2.38. The van der Waals surface area contributed by atoms with Crippen molar-refractivity contribution in [1.29, 1.82) is 0 Å². The van der Waals surface area contributed by atoms with Crippen molar-refractivity contribution in [3.8, 4) is 5.75 Å². The predicted molar refractivity (Wildman–Crippen MR) is 110 cm³/mol. The molecule has 2 N–H and O–H groups in total. The quantitative estimate of drug-likeness (QED) is 0.635. The van der Waals surface area contributed by atoms with E-state index < -0.39 is 6.04 Å². The lowest BCUT2D eigenvalue weighted by atomic mass is 9.88. The first-order valence-electron chi connectivity index (χ1n) is 9.38. The minimum Gasteiger partial charge on any atom is -0.508 e. The monoisotopic (exact) mass is 410 g/mol. The molecule has 29 heavy (non-hydrogen) atoms. The molecule has 1 aliphatic heterocycles. The van der Waals surface area contributed by atoms with E-state index in [0.717, 1.165) is 11.1 Å². The van der Waals surface area contributed by atoms with E-state index in [0.29, 0.717) is 29.1 Å². The Morgan fingerprint density at radius 2 is 1.93 bits per heavy atom. The Kier molecular flexibility index (Phi) is 5.41. The second kappa shape index (κ2) is 8.13. The minimum absolute atomic E-state index is 0.0824. The van der Waals surface area contributed by atoms with Gasteiger partial charge in [0.2, 0.25) is 0 Å². The molecule has 6 heteroatoms. The zero-order valence-corrected chi connectivity index (χ0v) is 16.4. The van der Waals surface area contributed by atoms with Gasteiger partial charge in [-0.25, -0.2) is 9.18 Å². The van der Waals surface area contributed by atoms with Gasteiger partial charge in [0.25, 0.3) is 0 Å². The number of nitrogens with zero attached hydrogens (tertiary/aromatic N) is 1. The van der Waals surface area contributed by atoms with E-state index in [-0.39, 0.29) is 24.1 Å². The van der Waals surface area contributed by atoms with Crippen LogP contribution in [0.15, 0.2) is 66.7 Å². The van der Waals surface area contributed by atoms with Crippen molar-refractivity contribution in [2.75, 3.05) is 6.54 Å². The van der Waals surface area contributed by atoms with E-state index in [1.165, 1.54) is 18.2 Å². The summed E-state index contributed by atoms with van der Waals surface area (Å²) in [6.07, 6.45) is 0.710. The molecule has 3 aromatic rings. The number of phenolic OH excluding ortho intramolecular Hbond substituents is 1. The number of phenols is 1. The molecule has 0 spiro atoms. The zero-order valence-electron chi connectivity index (χ0n) is 15.6. The molecule has 1 unspecified atom stereocenters.